The molecule has 0 aliphatic carbocycles. The van der Waals surface area contributed by atoms with Gasteiger partial charge in [-0.2, -0.15) is 5.10 Å². The average Bonchev–Trinajstić information content (AvgIpc) is 2.52. The lowest BCUT2D eigenvalue weighted by atomic mass is 10.1. The summed E-state index contributed by atoms with van der Waals surface area (Å²) < 4.78 is 0. The van der Waals surface area contributed by atoms with E-state index >= 15 is 0 Å². The smallest absolute Gasteiger partial charge is 0.273 e. The van der Waals surface area contributed by atoms with Crippen molar-refractivity contribution in [3.05, 3.63) is 69.3 Å². The Morgan fingerprint density at radius 1 is 1.17 bits per heavy atom. The molecule has 2 rings (SSSR count). The highest BCUT2D eigenvalue weighted by Gasteiger charge is 2.17. The van der Waals surface area contributed by atoms with Gasteiger partial charge < -0.3 is 5.11 Å². The first-order valence-electron chi connectivity index (χ1n) is 6.79. The highest BCUT2D eigenvalue weighted by molar-refractivity contribution is 6.03. The third-order valence-electron chi connectivity index (χ3n) is 3.37. The molecule has 2 aromatic rings. The van der Waals surface area contributed by atoms with Gasteiger partial charge in [0.2, 0.25) is 0 Å². The van der Waals surface area contributed by atoms with Gasteiger partial charge in [-0.1, -0.05) is 18.2 Å². The summed E-state index contributed by atoms with van der Waals surface area (Å²) in [7, 11) is 0. The van der Waals surface area contributed by atoms with Crippen LogP contribution in [0.25, 0.3) is 0 Å². The summed E-state index contributed by atoms with van der Waals surface area (Å²) in [5, 5.41) is 24.6. The van der Waals surface area contributed by atoms with E-state index in [1.807, 2.05) is 0 Å². The first-order chi connectivity index (χ1) is 10.9. The van der Waals surface area contributed by atoms with Gasteiger partial charge in [-0.15, -0.1) is 0 Å². The van der Waals surface area contributed by atoms with Crippen LogP contribution < -0.4 is 5.43 Å². The second-order valence-corrected chi connectivity index (χ2v) is 4.86. The molecule has 2 N–H and O–H groups in total. The Bertz CT molecular complexity index is 800. The van der Waals surface area contributed by atoms with E-state index in [4.69, 9.17) is 0 Å². The van der Waals surface area contributed by atoms with Crippen LogP contribution in [-0.2, 0) is 0 Å². The van der Waals surface area contributed by atoms with Crippen LogP contribution in [0.4, 0.5) is 5.69 Å². The third-order valence-corrected chi connectivity index (χ3v) is 3.37. The van der Waals surface area contributed by atoms with Gasteiger partial charge in [-0.3, -0.25) is 14.9 Å². The van der Waals surface area contributed by atoms with Gasteiger partial charge in [0, 0.05) is 17.2 Å². The molecular weight excluding hydrogens is 298 g/mol. The molecule has 0 aliphatic rings. The van der Waals surface area contributed by atoms with E-state index in [1.165, 1.54) is 31.2 Å². The van der Waals surface area contributed by atoms with Crippen LogP contribution in [0.5, 0.6) is 5.75 Å². The molecule has 1 amide bonds. The van der Waals surface area contributed by atoms with Crippen LogP contribution in [0, 0.1) is 17.0 Å². The molecule has 0 spiro atoms. The van der Waals surface area contributed by atoms with Crippen molar-refractivity contribution in [3.63, 3.8) is 0 Å². The number of hydrogen-bond acceptors (Lipinski definition) is 5. The highest BCUT2D eigenvalue weighted by Crippen LogP contribution is 2.21. The number of nitrogens with one attached hydrogen (secondary N) is 1. The van der Waals surface area contributed by atoms with Gasteiger partial charge in [-0.05, 0) is 32.0 Å². The van der Waals surface area contributed by atoms with Crippen LogP contribution >= 0.6 is 0 Å². The van der Waals surface area contributed by atoms with Crippen LogP contribution in [-0.4, -0.2) is 21.6 Å². The summed E-state index contributed by atoms with van der Waals surface area (Å²) in [5.74, 6) is -0.504. The van der Waals surface area contributed by atoms with E-state index < -0.39 is 10.8 Å². The fourth-order valence-corrected chi connectivity index (χ4v) is 2.10. The SMILES string of the molecule is C/C(=N/NC(=O)c1cccc([N+](=O)[O-])c1C)c1ccccc1O. The topological polar surface area (TPSA) is 105 Å². The second kappa shape index (κ2) is 6.69. The van der Waals surface area contributed by atoms with Gasteiger partial charge in [0.05, 0.1) is 16.2 Å². The van der Waals surface area contributed by atoms with E-state index in [2.05, 4.69) is 10.5 Å². The molecule has 23 heavy (non-hydrogen) atoms. The first kappa shape index (κ1) is 16.2. The number of phenolic OH excluding ortho intramolecular Hbond substituents is 1. The first-order valence-corrected chi connectivity index (χ1v) is 6.79. The molecule has 2 aromatic carbocycles. The standard InChI is InChI=1S/C16H15N3O4/c1-10-12(7-5-8-14(10)19(22)23)16(21)18-17-11(2)13-6-3-4-9-15(13)20/h3-9,20H,1-2H3,(H,18,21)/b17-11-. The van der Waals surface area contributed by atoms with Crippen molar-refractivity contribution in [3.8, 4) is 5.75 Å². The normalized spacial score (nSPS) is 11.1. The molecule has 0 aromatic heterocycles. The van der Waals surface area contributed by atoms with Gasteiger partial charge in [0.15, 0.2) is 0 Å². The van der Waals surface area contributed by atoms with Crippen molar-refractivity contribution in [1.82, 2.24) is 5.43 Å². The van der Waals surface area contributed by atoms with E-state index in [0.29, 0.717) is 11.3 Å². The van der Waals surface area contributed by atoms with Crippen molar-refractivity contribution in [2.24, 2.45) is 5.10 Å². The quantitative estimate of drug-likeness (QED) is 0.514. The maximum Gasteiger partial charge on any atom is 0.273 e. The number of para-hydroxylation sites is 1. The van der Waals surface area contributed by atoms with E-state index in [9.17, 15) is 20.0 Å². The Morgan fingerprint density at radius 2 is 1.83 bits per heavy atom. The molecule has 0 unspecified atom stereocenters. The number of benzene rings is 2. The Labute approximate surface area is 132 Å². The van der Waals surface area contributed by atoms with Crippen LogP contribution in [0.1, 0.15) is 28.4 Å². The number of nitrogens with zero attached hydrogens (tertiary/aromatic N) is 2. The second-order valence-electron chi connectivity index (χ2n) is 4.86. The lowest BCUT2D eigenvalue weighted by Crippen LogP contribution is -2.20. The Balaban J connectivity index is 2.23. The number of rotatable bonds is 4. The number of carbonyl (C=O) groups is 1. The number of nitro benzene ring substituents is 1. The molecule has 0 atom stereocenters. The van der Waals surface area contributed by atoms with E-state index in [0.717, 1.165) is 0 Å². The number of aromatic hydroxyl groups is 1. The van der Waals surface area contributed by atoms with Crippen molar-refractivity contribution in [2.75, 3.05) is 0 Å². The maximum atomic E-state index is 12.2. The molecule has 0 bridgehead atoms. The summed E-state index contributed by atoms with van der Waals surface area (Å²) >= 11 is 0. The number of hydrazone groups is 1. The Kier molecular flexibility index (Phi) is 4.70. The number of amides is 1. The van der Waals surface area contributed by atoms with Crippen molar-refractivity contribution >= 4 is 17.3 Å². The molecule has 0 heterocycles. The summed E-state index contributed by atoms with van der Waals surface area (Å²) in [6.07, 6.45) is 0. The number of phenols is 1. The number of hydrogen-bond donors (Lipinski definition) is 2. The summed E-state index contributed by atoms with van der Waals surface area (Å²) in [6, 6.07) is 10.9. The van der Waals surface area contributed by atoms with Crippen LogP contribution in [0.15, 0.2) is 47.6 Å². The van der Waals surface area contributed by atoms with Crippen LogP contribution in [0.3, 0.4) is 0 Å². The highest BCUT2D eigenvalue weighted by atomic mass is 16.6. The number of nitro groups is 1. The molecule has 0 saturated heterocycles. The zero-order valence-corrected chi connectivity index (χ0v) is 12.6. The van der Waals surface area contributed by atoms with Crippen molar-refractivity contribution < 1.29 is 14.8 Å². The fraction of sp³-hybridized carbons (Fsp3) is 0.125. The van der Waals surface area contributed by atoms with Gasteiger partial charge in [-0.25, -0.2) is 5.43 Å². The zero-order chi connectivity index (χ0) is 17.0. The fourth-order valence-electron chi connectivity index (χ4n) is 2.10. The summed E-state index contributed by atoms with van der Waals surface area (Å²) in [6.45, 7) is 3.14. The molecule has 0 radical (unpaired) electrons. The molecule has 7 nitrogen and oxygen atoms in total. The van der Waals surface area contributed by atoms with Crippen molar-refractivity contribution in [2.45, 2.75) is 13.8 Å². The van der Waals surface area contributed by atoms with Crippen LogP contribution in [0.2, 0.25) is 0 Å². The lowest BCUT2D eigenvalue weighted by molar-refractivity contribution is -0.385. The third kappa shape index (κ3) is 3.52. The van der Waals surface area contributed by atoms with E-state index in [-0.39, 0.29) is 22.6 Å². The lowest BCUT2D eigenvalue weighted by Gasteiger charge is -2.07. The predicted octanol–water partition coefficient (Wildman–Crippen LogP) is 2.76. The Morgan fingerprint density at radius 3 is 2.48 bits per heavy atom. The average molecular weight is 313 g/mol. The maximum absolute atomic E-state index is 12.2. The largest absolute Gasteiger partial charge is 0.507 e. The molecule has 0 saturated carbocycles. The molecular formula is C16H15N3O4. The van der Waals surface area contributed by atoms with Gasteiger partial charge >= 0.3 is 0 Å². The summed E-state index contributed by atoms with van der Waals surface area (Å²) in [4.78, 5) is 22.5. The molecule has 0 fully saturated rings. The summed E-state index contributed by atoms with van der Waals surface area (Å²) in [5.41, 5.74) is 3.57. The van der Waals surface area contributed by atoms with Gasteiger partial charge in [0.1, 0.15) is 5.75 Å². The van der Waals surface area contributed by atoms with E-state index in [1.54, 1.807) is 25.1 Å². The van der Waals surface area contributed by atoms with Gasteiger partial charge in [0.25, 0.3) is 11.6 Å². The minimum atomic E-state index is -0.555. The Hall–Kier alpha value is -3.22. The molecule has 7 heteroatoms. The molecule has 118 valence electrons. The van der Waals surface area contributed by atoms with Crippen molar-refractivity contribution in [1.29, 1.82) is 0 Å². The number of carbonyl (C=O) groups excluding carboxylic acids is 1. The molecule has 0 aliphatic heterocycles. The minimum Gasteiger partial charge on any atom is -0.507 e. The minimum absolute atomic E-state index is 0.0505. The predicted molar refractivity (Wildman–Crippen MR) is 85.6 cm³/mol. The zero-order valence-electron chi connectivity index (χ0n) is 12.6. The monoisotopic (exact) mass is 313 g/mol.